The Balaban J connectivity index is 1.87. The molecule has 1 unspecified atom stereocenters. The van der Waals surface area contributed by atoms with Crippen molar-refractivity contribution < 1.29 is 34.0 Å². The molecule has 1 fully saturated rings. The lowest BCUT2D eigenvalue weighted by Gasteiger charge is -2.57. The van der Waals surface area contributed by atoms with E-state index in [1.807, 2.05) is 91.0 Å². The Labute approximate surface area is 206 Å². The largest absolute Gasteiger partial charge is 0.388 e. The maximum absolute atomic E-state index is 11.6. The molecule has 0 spiro atoms. The molecule has 4 rings (SSSR count). The van der Waals surface area contributed by atoms with Crippen LogP contribution in [0.3, 0.4) is 0 Å². The smallest absolute Gasteiger partial charge is 0.329 e. The monoisotopic (exact) mass is 498 g/mol. The van der Waals surface area contributed by atoms with Crippen molar-refractivity contribution in [2.24, 2.45) is 0 Å². The summed E-state index contributed by atoms with van der Waals surface area (Å²) >= 11 is 0. The first-order valence-corrected chi connectivity index (χ1v) is 12.7. The standard InChI is InChI=1S/C27H31O7P/c1-20-24(28)25(29)26(17-21-11-5-2-6-12-21,32-19-23-15-9-4-10-16-23)27(33-20,34-35(30)31)18-22-13-7-3-8-14-22/h2-16,20,24-25,28-31H,17-19H2,1H3/t20-,24+,25+,26-,27?/m1/s1. The number of rotatable bonds is 9. The molecule has 0 aromatic heterocycles. The van der Waals surface area contributed by atoms with Crippen molar-refractivity contribution in [1.29, 1.82) is 0 Å². The van der Waals surface area contributed by atoms with Crippen molar-refractivity contribution in [1.82, 2.24) is 0 Å². The van der Waals surface area contributed by atoms with Crippen molar-refractivity contribution in [2.45, 2.75) is 56.1 Å². The van der Waals surface area contributed by atoms with E-state index in [0.29, 0.717) is 0 Å². The van der Waals surface area contributed by atoms with Crippen molar-refractivity contribution in [3.8, 4) is 0 Å². The third-order valence-electron chi connectivity index (χ3n) is 6.46. The Bertz CT molecular complexity index is 1050. The highest BCUT2D eigenvalue weighted by Gasteiger charge is 2.66. The highest BCUT2D eigenvalue weighted by atomic mass is 31.2. The summed E-state index contributed by atoms with van der Waals surface area (Å²) in [5.41, 5.74) is 0.717. The van der Waals surface area contributed by atoms with Crippen molar-refractivity contribution >= 4 is 8.60 Å². The highest BCUT2D eigenvalue weighted by molar-refractivity contribution is 7.39. The summed E-state index contributed by atoms with van der Waals surface area (Å²) in [6.07, 6.45) is -3.50. The predicted molar refractivity (Wildman–Crippen MR) is 132 cm³/mol. The van der Waals surface area contributed by atoms with Gasteiger partial charge >= 0.3 is 8.60 Å². The maximum atomic E-state index is 11.6. The van der Waals surface area contributed by atoms with Crippen molar-refractivity contribution in [2.75, 3.05) is 0 Å². The van der Waals surface area contributed by atoms with Gasteiger partial charge in [-0.25, -0.2) is 0 Å². The molecule has 35 heavy (non-hydrogen) atoms. The molecule has 0 radical (unpaired) electrons. The van der Waals surface area contributed by atoms with Gasteiger partial charge in [-0.05, 0) is 23.6 Å². The predicted octanol–water partition coefficient (Wildman–Crippen LogP) is 3.49. The zero-order valence-electron chi connectivity index (χ0n) is 19.5. The fraction of sp³-hybridized carbons (Fsp3) is 0.333. The molecule has 0 aliphatic carbocycles. The van der Waals surface area contributed by atoms with Gasteiger partial charge in [0, 0.05) is 12.8 Å². The van der Waals surface area contributed by atoms with E-state index in [9.17, 15) is 20.0 Å². The number of ether oxygens (including phenoxy) is 2. The van der Waals surface area contributed by atoms with Crippen molar-refractivity contribution in [3.63, 3.8) is 0 Å². The minimum atomic E-state index is -2.92. The van der Waals surface area contributed by atoms with E-state index >= 15 is 0 Å². The Hall–Kier alpha value is -2.19. The maximum Gasteiger partial charge on any atom is 0.329 e. The van der Waals surface area contributed by atoms with Gasteiger partial charge in [-0.15, -0.1) is 0 Å². The lowest BCUT2D eigenvalue weighted by atomic mass is 9.73. The molecule has 1 aliphatic heterocycles. The molecule has 1 saturated heterocycles. The zero-order valence-corrected chi connectivity index (χ0v) is 20.4. The molecular weight excluding hydrogens is 467 g/mol. The quantitative estimate of drug-likeness (QED) is 0.335. The van der Waals surface area contributed by atoms with Gasteiger partial charge in [-0.3, -0.25) is 4.52 Å². The number of hydrogen-bond donors (Lipinski definition) is 4. The number of aliphatic hydroxyl groups is 2. The molecule has 4 N–H and O–H groups in total. The molecular formula is C27H31O7P. The van der Waals surface area contributed by atoms with E-state index in [-0.39, 0.29) is 19.4 Å². The van der Waals surface area contributed by atoms with E-state index in [2.05, 4.69) is 0 Å². The van der Waals surface area contributed by atoms with Crippen LogP contribution in [0.5, 0.6) is 0 Å². The Morgan fingerprint density at radius 2 is 1.26 bits per heavy atom. The topological polar surface area (TPSA) is 109 Å². The third kappa shape index (κ3) is 5.64. The Morgan fingerprint density at radius 3 is 1.77 bits per heavy atom. The summed E-state index contributed by atoms with van der Waals surface area (Å²) in [5.74, 6) is -1.83. The number of hydrogen-bond acceptors (Lipinski definition) is 7. The molecule has 1 heterocycles. The normalized spacial score (nSPS) is 28.8. The van der Waals surface area contributed by atoms with Gasteiger partial charge in [0.2, 0.25) is 5.79 Å². The fourth-order valence-corrected chi connectivity index (χ4v) is 5.24. The van der Waals surface area contributed by atoms with Gasteiger partial charge in [-0.1, -0.05) is 91.0 Å². The van der Waals surface area contributed by atoms with Crippen LogP contribution >= 0.6 is 8.60 Å². The minimum absolute atomic E-state index is 0.0452. The second kappa shape index (κ2) is 11.2. The first-order chi connectivity index (χ1) is 16.9. The first-order valence-electron chi connectivity index (χ1n) is 11.5. The molecule has 186 valence electrons. The molecule has 1 aliphatic rings. The summed E-state index contributed by atoms with van der Waals surface area (Å²) in [6, 6.07) is 28.0. The van der Waals surface area contributed by atoms with Crippen LogP contribution in [0.15, 0.2) is 91.0 Å². The van der Waals surface area contributed by atoms with E-state index in [0.717, 1.165) is 16.7 Å². The van der Waals surface area contributed by atoms with Crippen LogP contribution in [0.1, 0.15) is 23.6 Å². The van der Waals surface area contributed by atoms with Gasteiger partial charge < -0.3 is 29.5 Å². The minimum Gasteiger partial charge on any atom is -0.388 e. The Morgan fingerprint density at radius 1 is 0.771 bits per heavy atom. The SMILES string of the molecule is C[C@H]1OC(Cc2ccccc2)(OP(O)O)[C@](Cc2ccccc2)(OCc2ccccc2)[C@@H](O)[C@H]1O. The summed E-state index contributed by atoms with van der Waals surface area (Å²) < 4.78 is 18.6. The van der Waals surface area contributed by atoms with E-state index in [1.165, 1.54) is 0 Å². The van der Waals surface area contributed by atoms with Crippen LogP contribution < -0.4 is 0 Å². The summed E-state index contributed by atoms with van der Waals surface area (Å²) in [7, 11) is -2.92. The molecule has 0 bridgehead atoms. The first kappa shape index (κ1) is 25.9. The average Bonchev–Trinajstić information content (AvgIpc) is 2.86. The average molecular weight is 499 g/mol. The van der Waals surface area contributed by atoms with Crippen LogP contribution in [0, 0.1) is 0 Å². The second-order valence-electron chi connectivity index (χ2n) is 8.84. The lowest BCUT2D eigenvalue weighted by Crippen LogP contribution is -2.75. The van der Waals surface area contributed by atoms with Gasteiger partial charge in [0.05, 0.1) is 12.7 Å². The summed E-state index contributed by atoms with van der Waals surface area (Å²) in [4.78, 5) is 20.2. The second-order valence-corrected chi connectivity index (χ2v) is 9.53. The Kier molecular flexibility index (Phi) is 8.32. The molecule has 0 amide bonds. The van der Waals surface area contributed by atoms with Gasteiger partial charge in [0.15, 0.2) is 5.60 Å². The van der Waals surface area contributed by atoms with Gasteiger partial charge in [-0.2, -0.15) is 0 Å². The van der Waals surface area contributed by atoms with E-state index < -0.39 is 38.3 Å². The molecule has 3 aromatic rings. The highest BCUT2D eigenvalue weighted by Crippen LogP contribution is 2.51. The summed E-state index contributed by atoms with van der Waals surface area (Å²) in [5, 5.41) is 22.6. The van der Waals surface area contributed by atoms with Crippen LogP contribution in [-0.2, 0) is 33.4 Å². The molecule has 8 heteroatoms. The van der Waals surface area contributed by atoms with Gasteiger partial charge in [0.25, 0.3) is 0 Å². The lowest BCUT2D eigenvalue weighted by molar-refractivity contribution is -0.385. The molecule has 3 aromatic carbocycles. The van der Waals surface area contributed by atoms with Crippen LogP contribution in [0.25, 0.3) is 0 Å². The molecule has 0 saturated carbocycles. The molecule has 7 nitrogen and oxygen atoms in total. The third-order valence-corrected chi connectivity index (χ3v) is 6.92. The van der Waals surface area contributed by atoms with Crippen LogP contribution in [-0.4, -0.2) is 49.7 Å². The van der Waals surface area contributed by atoms with Crippen molar-refractivity contribution in [3.05, 3.63) is 108 Å². The summed E-state index contributed by atoms with van der Waals surface area (Å²) in [6.45, 7) is 1.68. The molecule has 5 atom stereocenters. The van der Waals surface area contributed by atoms with E-state index in [4.69, 9.17) is 14.0 Å². The fourth-order valence-electron chi connectivity index (χ4n) is 4.72. The number of aliphatic hydroxyl groups excluding tert-OH is 2. The zero-order chi connectivity index (χ0) is 24.9. The van der Waals surface area contributed by atoms with E-state index in [1.54, 1.807) is 6.92 Å². The van der Waals surface area contributed by atoms with Gasteiger partial charge in [0.1, 0.15) is 12.2 Å². The number of benzene rings is 3. The van der Waals surface area contributed by atoms with Crippen LogP contribution in [0.2, 0.25) is 0 Å². The van der Waals surface area contributed by atoms with Crippen LogP contribution in [0.4, 0.5) is 0 Å².